The van der Waals surface area contributed by atoms with E-state index in [1.165, 1.54) is 35.5 Å². The van der Waals surface area contributed by atoms with Crippen LogP contribution < -0.4 is 5.32 Å². The van der Waals surface area contributed by atoms with Crippen molar-refractivity contribution in [2.24, 2.45) is 0 Å². The van der Waals surface area contributed by atoms with Crippen molar-refractivity contribution in [2.45, 2.75) is 30.7 Å². The van der Waals surface area contributed by atoms with Crippen molar-refractivity contribution in [3.8, 4) is 0 Å². The Morgan fingerprint density at radius 3 is 2.71 bits per heavy atom. The number of thioether (sulfide) groups is 1. The molecule has 144 valence electrons. The van der Waals surface area contributed by atoms with Gasteiger partial charge in [0.05, 0.1) is 15.9 Å². The molecule has 0 saturated carbocycles. The van der Waals surface area contributed by atoms with Gasteiger partial charge in [0.2, 0.25) is 5.91 Å². The Labute approximate surface area is 166 Å². The highest BCUT2D eigenvalue weighted by Crippen LogP contribution is 2.25. The first kappa shape index (κ1) is 19.6. The Morgan fingerprint density at radius 2 is 2.00 bits per heavy atom. The smallest absolute Gasteiger partial charge is 0.271 e. The summed E-state index contributed by atoms with van der Waals surface area (Å²) < 4.78 is 0. The Kier molecular flexibility index (Phi) is 6.10. The number of nitrogens with one attached hydrogen (secondary N) is 2. The Morgan fingerprint density at radius 1 is 1.25 bits per heavy atom. The molecule has 3 rings (SSSR count). The van der Waals surface area contributed by atoms with Gasteiger partial charge in [-0.2, -0.15) is 0 Å². The number of nitro groups is 1. The number of nitro benzene ring substituents is 1. The average Bonchev–Trinajstić information content (AvgIpc) is 3.01. The number of nitrogens with zero attached hydrogens (tertiary/aromatic N) is 2. The molecule has 0 fully saturated rings. The van der Waals surface area contributed by atoms with Crippen LogP contribution in [0, 0.1) is 17.0 Å². The number of aromatic nitrogens is 2. The third kappa shape index (κ3) is 4.98. The van der Waals surface area contributed by atoms with Gasteiger partial charge < -0.3 is 10.3 Å². The number of non-ortho nitro benzene ring substituents is 1. The average molecular weight is 396 g/mol. The normalized spacial score (nSPS) is 11.8. The van der Waals surface area contributed by atoms with Crippen molar-refractivity contribution >= 4 is 29.0 Å². The van der Waals surface area contributed by atoms with Crippen LogP contribution >= 0.6 is 11.8 Å². The summed E-state index contributed by atoms with van der Waals surface area (Å²) in [6.07, 6.45) is 0.720. The van der Waals surface area contributed by atoms with Crippen molar-refractivity contribution < 1.29 is 9.72 Å². The van der Waals surface area contributed by atoms with Gasteiger partial charge in [-0.15, -0.1) is 0 Å². The Hall–Kier alpha value is -3.13. The molecule has 8 heteroatoms. The quantitative estimate of drug-likeness (QED) is 0.351. The van der Waals surface area contributed by atoms with Crippen molar-refractivity contribution in [1.29, 1.82) is 0 Å². The van der Waals surface area contributed by atoms with Gasteiger partial charge in [0.25, 0.3) is 5.69 Å². The van der Waals surface area contributed by atoms with Gasteiger partial charge in [-0.05, 0) is 25.5 Å². The maximum atomic E-state index is 12.4. The zero-order valence-electron chi connectivity index (χ0n) is 15.5. The van der Waals surface area contributed by atoms with Crippen LogP contribution in [0.2, 0.25) is 0 Å². The number of aromatic amines is 1. The molecule has 28 heavy (non-hydrogen) atoms. The molecule has 1 amide bonds. The minimum atomic E-state index is -0.492. The molecule has 1 heterocycles. The number of rotatable bonds is 7. The number of H-pyrrole nitrogens is 1. The minimum Gasteiger partial charge on any atom is -0.337 e. The molecule has 1 aromatic heterocycles. The van der Waals surface area contributed by atoms with Gasteiger partial charge in [-0.3, -0.25) is 14.9 Å². The molecule has 3 aromatic rings. The van der Waals surface area contributed by atoms with E-state index in [9.17, 15) is 14.9 Å². The number of imidazole rings is 1. The minimum absolute atomic E-state index is 0.0645. The van der Waals surface area contributed by atoms with E-state index in [0.29, 0.717) is 10.8 Å². The van der Waals surface area contributed by atoms with Gasteiger partial charge >= 0.3 is 0 Å². The van der Waals surface area contributed by atoms with Gasteiger partial charge in [0.15, 0.2) is 5.16 Å². The van der Waals surface area contributed by atoms with E-state index in [1.807, 2.05) is 25.1 Å². The molecule has 2 aromatic carbocycles. The molecule has 0 saturated heterocycles. The third-order valence-corrected chi connectivity index (χ3v) is 5.14. The first-order valence-corrected chi connectivity index (χ1v) is 9.61. The van der Waals surface area contributed by atoms with Crippen LogP contribution in [0.4, 0.5) is 11.4 Å². The van der Waals surface area contributed by atoms with E-state index >= 15 is 0 Å². The van der Waals surface area contributed by atoms with Crippen molar-refractivity contribution in [3.05, 3.63) is 81.7 Å². The molecule has 0 radical (unpaired) electrons. The van der Waals surface area contributed by atoms with Gasteiger partial charge in [0, 0.05) is 29.9 Å². The van der Waals surface area contributed by atoms with Gasteiger partial charge in [-0.25, -0.2) is 4.98 Å². The zero-order valence-corrected chi connectivity index (χ0v) is 16.3. The summed E-state index contributed by atoms with van der Waals surface area (Å²) in [5.74, 6) is -0.246. The number of hydrogen-bond donors (Lipinski definition) is 2. The van der Waals surface area contributed by atoms with Crippen LogP contribution in [0.1, 0.15) is 23.9 Å². The standard InChI is InChI=1S/C20H20N4O3S/c1-13-18(11-15-7-4-3-5-8-15)23-20(21-13)28-14(2)19(25)22-16-9-6-10-17(12-16)24(26)27/h3-10,12,14H,11H2,1-2H3,(H,21,23)(H,22,25)/t14-/m1/s1. The van der Waals surface area contributed by atoms with Gasteiger partial charge in [0.1, 0.15) is 0 Å². The highest BCUT2D eigenvalue weighted by molar-refractivity contribution is 8.00. The van der Waals surface area contributed by atoms with Crippen molar-refractivity contribution in [1.82, 2.24) is 9.97 Å². The van der Waals surface area contributed by atoms with Crippen molar-refractivity contribution in [2.75, 3.05) is 5.32 Å². The Balaban J connectivity index is 1.63. The lowest BCUT2D eigenvalue weighted by Crippen LogP contribution is -2.22. The summed E-state index contributed by atoms with van der Waals surface area (Å²) in [6, 6.07) is 15.9. The van der Waals surface area contributed by atoms with E-state index in [1.54, 1.807) is 13.0 Å². The van der Waals surface area contributed by atoms with Crippen LogP contribution in [0.3, 0.4) is 0 Å². The predicted octanol–water partition coefficient (Wildman–Crippen LogP) is 4.34. The topological polar surface area (TPSA) is 101 Å². The SMILES string of the molecule is Cc1[nH]c(S[C@H](C)C(=O)Nc2cccc([N+](=O)[O-])c2)nc1Cc1ccccc1. The van der Waals surface area contributed by atoms with Crippen LogP contribution in [-0.4, -0.2) is 26.0 Å². The maximum absolute atomic E-state index is 12.4. The highest BCUT2D eigenvalue weighted by Gasteiger charge is 2.18. The summed E-state index contributed by atoms with van der Waals surface area (Å²) in [5.41, 5.74) is 3.42. The van der Waals surface area contributed by atoms with E-state index < -0.39 is 10.2 Å². The molecule has 1 atom stereocenters. The predicted molar refractivity (Wildman–Crippen MR) is 110 cm³/mol. The molecule has 7 nitrogen and oxygen atoms in total. The molecule has 0 unspecified atom stereocenters. The first-order valence-electron chi connectivity index (χ1n) is 8.74. The van der Waals surface area contributed by atoms with Crippen LogP contribution in [0.25, 0.3) is 0 Å². The number of carbonyl (C=O) groups is 1. The highest BCUT2D eigenvalue weighted by atomic mass is 32.2. The monoisotopic (exact) mass is 396 g/mol. The summed E-state index contributed by atoms with van der Waals surface area (Å²) in [6.45, 7) is 3.73. The molecule has 0 aliphatic rings. The lowest BCUT2D eigenvalue weighted by atomic mass is 10.1. The van der Waals surface area contributed by atoms with Gasteiger partial charge in [-0.1, -0.05) is 48.2 Å². The number of amides is 1. The fourth-order valence-corrected chi connectivity index (χ4v) is 3.52. The molecule has 2 N–H and O–H groups in total. The van der Waals surface area contributed by atoms with E-state index in [2.05, 4.69) is 27.4 Å². The van der Waals surface area contributed by atoms with E-state index in [-0.39, 0.29) is 11.6 Å². The fourth-order valence-electron chi connectivity index (χ4n) is 2.65. The summed E-state index contributed by atoms with van der Waals surface area (Å²) in [5, 5.41) is 13.8. The number of benzene rings is 2. The second-order valence-electron chi connectivity index (χ2n) is 6.33. The number of carbonyl (C=O) groups excluding carboxylic acids is 1. The van der Waals surface area contributed by atoms with E-state index in [0.717, 1.165) is 17.8 Å². The van der Waals surface area contributed by atoms with Crippen LogP contribution in [0.15, 0.2) is 59.8 Å². The lowest BCUT2D eigenvalue weighted by Gasteiger charge is -2.10. The molecule has 0 spiro atoms. The number of anilines is 1. The molecule has 0 aliphatic carbocycles. The second kappa shape index (κ2) is 8.71. The lowest BCUT2D eigenvalue weighted by molar-refractivity contribution is -0.384. The molecular weight excluding hydrogens is 376 g/mol. The maximum Gasteiger partial charge on any atom is 0.271 e. The molecular formula is C20H20N4O3S. The van der Waals surface area contributed by atoms with Crippen LogP contribution in [0.5, 0.6) is 0 Å². The number of aryl methyl sites for hydroxylation is 1. The van der Waals surface area contributed by atoms with Crippen LogP contribution in [-0.2, 0) is 11.2 Å². The summed E-state index contributed by atoms with van der Waals surface area (Å²) in [4.78, 5) is 30.6. The summed E-state index contributed by atoms with van der Waals surface area (Å²) in [7, 11) is 0. The first-order chi connectivity index (χ1) is 13.4. The molecule has 0 bridgehead atoms. The number of hydrogen-bond acceptors (Lipinski definition) is 5. The van der Waals surface area contributed by atoms with Crippen molar-refractivity contribution in [3.63, 3.8) is 0 Å². The third-order valence-electron chi connectivity index (χ3n) is 4.16. The molecule has 0 aliphatic heterocycles. The zero-order chi connectivity index (χ0) is 20.1. The second-order valence-corrected chi connectivity index (χ2v) is 7.66. The Bertz CT molecular complexity index is 988. The van der Waals surface area contributed by atoms with E-state index in [4.69, 9.17) is 0 Å². The summed E-state index contributed by atoms with van der Waals surface area (Å²) >= 11 is 1.31. The fraction of sp³-hybridized carbons (Fsp3) is 0.200. The largest absolute Gasteiger partial charge is 0.337 e.